The number of carbonyl (C=O) groups is 1. The highest BCUT2D eigenvalue weighted by molar-refractivity contribution is 5.93. The van der Waals surface area contributed by atoms with E-state index >= 15 is 0 Å². The highest BCUT2D eigenvalue weighted by Crippen LogP contribution is 2.33. The van der Waals surface area contributed by atoms with Crippen LogP contribution >= 0.6 is 0 Å². The summed E-state index contributed by atoms with van der Waals surface area (Å²) in [5.74, 6) is -0.445. The fraction of sp³-hybridized carbons (Fsp3) is 0.150. The molecule has 6 heteroatoms. The first-order valence-corrected chi connectivity index (χ1v) is 8.23. The number of ether oxygens (including phenoxy) is 1. The molecule has 0 saturated heterocycles. The number of nitro benzene ring substituents is 1. The second-order valence-electron chi connectivity index (χ2n) is 5.70. The summed E-state index contributed by atoms with van der Waals surface area (Å²) in [6.07, 6.45) is 0. The van der Waals surface area contributed by atoms with E-state index in [1.165, 1.54) is 6.07 Å². The van der Waals surface area contributed by atoms with E-state index in [1.54, 1.807) is 42.7 Å². The predicted octanol–water partition coefficient (Wildman–Crippen LogP) is 4.54. The van der Waals surface area contributed by atoms with Crippen molar-refractivity contribution in [2.45, 2.75) is 13.8 Å². The van der Waals surface area contributed by atoms with Crippen molar-refractivity contribution in [1.29, 1.82) is 0 Å². The lowest BCUT2D eigenvalue weighted by Crippen LogP contribution is -2.08. The van der Waals surface area contributed by atoms with Gasteiger partial charge < -0.3 is 9.30 Å². The molecule has 26 heavy (non-hydrogen) atoms. The van der Waals surface area contributed by atoms with E-state index < -0.39 is 10.9 Å². The Morgan fingerprint density at radius 2 is 1.77 bits per heavy atom. The van der Waals surface area contributed by atoms with Gasteiger partial charge in [0.05, 0.1) is 22.8 Å². The minimum atomic E-state index is -0.445. The molecule has 0 spiro atoms. The summed E-state index contributed by atoms with van der Waals surface area (Å²) < 4.78 is 6.88. The largest absolute Gasteiger partial charge is 0.462 e. The lowest BCUT2D eigenvalue weighted by Gasteiger charge is -2.12. The van der Waals surface area contributed by atoms with Crippen LogP contribution in [0.25, 0.3) is 16.9 Å². The Hall–Kier alpha value is -3.41. The van der Waals surface area contributed by atoms with Gasteiger partial charge >= 0.3 is 5.97 Å². The number of para-hydroxylation sites is 2. The maximum Gasteiger partial charge on any atom is 0.339 e. The van der Waals surface area contributed by atoms with Gasteiger partial charge in [-0.15, -0.1) is 0 Å². The smallest absolute Gasteiger partial charge is 0.339 e. The summed E-state index contributed by atoms with van der Waals surface area (Å²) in [4.78, 5) is 23.4. The minimum Gasteiger partial charge on any atom is -0.462 e. The number of aromatic nitrogens is 1. The zero-order valence-corrected chi connectivity index (χ0v) is 14.5. The summed E-state index contributed by atoms with van der Waals surface area (Å²) in [6.45, 7) is 3.76. The monoisotopic (exact) mass is 350 g/mol. The van der Waals surface area contributed by atoms with Crippen molar-refractivity contribution in [2.24, 2.45) is 0 Å². The van der Waals surface area contributed by atoms with Crippen LogP contribution in [0.2, 0.25) is 0 Å². The van der Waals surface area contributed by atoms with Crippen LogP contribution in [0.5, 0.6) is 0 Å². The molecule has 0 fully saturated rings. The van der Waals surface area contributed by atoms with E-state index in [9.17, 15) is 14.9 Å². The Labute approximate surface area is 150 Å². The van der Waals surface area contributed by atoms with E-state index in [0.717, 1.165) is 5.56 Å². The SMILES string of the molecule is CCOC(=O)c1cc(-c2ccccc2)n(-c2ccccc2[N+](=O)[O-])c1C. The molecule has 0 aliphatic rings. The maximum absolute atomic E-state index is 12.3. The van der Waals surface area contributed by atoms with Gasteiger partial charge in [0, 0.05) is 11.8 Å². The van der Waals surface area contributed by atoms with Gasteiger partial charge in [0.1, 0.15) is 5.69 Å². The number of esters is 1. The molecule has 3 aromatic rings. The zero-order valence-electron chi connectivity index (χ0n) is 14.5. The molecule has 0 aliphatic heterocycles. The normalized spacial score (nSPS) is 10.5. The molecule has 3 rings (SSSR count). The molecule has 6 nitrogen and oxygen atoms in total. The van der Waals surface area contributed by atoms with Crippen molar-refractivity contribution in [1.82, 2.24) is 4.57 Å². The fourth-order valence-corrected chi connectivity index (χ4v) is 2.96. The first kappa shape index (κ1) is 17.4. The van der Waals surface area contributed by atoms with Crippen LogP contribution in [-0.2, 0) is 4.74 Å². The van der Waals surface area contributed by atoms with Crippen molar-refractivity contribution in [3.8, 4) is 16.9 Å². The second kappa shape index (κ2) is 7.23. The molecule has 0 saturated carbocycles. The Bertz CT molecular complexity index is 961. The van der Waals surface area contributed by atoms with Crippen molar-refractivity contribution < 1.29 is 14.5 Å². The van der Waals surface area contributed by atoms with Crippen LogP contribution in [0.1, 0.15) is 23.0 Å². The second-order valence-corrected chi connectivity index (χ2v) is 5.70. The van der Waals surface area contributed by atoms with Gasteiger partial charge in [-0.05, 0) is 31.5 Å². The summed E-state index contributed by atoms with van der Waals surface area (Å²) in [6, 6.07) is 17.6. The molecule has 0 N–H and O–H groups in total. The average Bonchev–Trinajstić information content (AvgIpc) is 3.00. The van der Waals surface area contributed by atoms with Crippen LogP contribution in [0.3, 0.4) is 0 Å². The summed E-state index contributed by atoms with van der Waals surface area (Å²) >= 11 is 0. The van der Waals surface area contributed by atoms with Crippen LogP contribution in [0.4, 0.5) is 5.69 Å². The number of hydrogen-bond donors (Lipinski definition) is 0. The number of nitro groups is 1. The molecule has 1 heterocycles. The van der Waals surface area contributed by atoms with Gasteiger partial charge in [0.25, 0.3) is 5.69 Å². The van der Waals surface area contributed by atoms with Crippen LogP contribution < -0.4 is 0 Å². The van der Waals surface area contributed by atoms with Crippen molar-refractivity contribution >= 4 is 11.7 Å². The minimum absolute atomic E-state index is 0.0289. The van der Waals surface area contributed by atoms with E-state index in [2.05, 4.69) is 0 Å². The first-order chi connectivity index (χ1) is 12.5. The number of hydrogen-bond acceptors (Lipinski definition) is 4. The van der Waals surface area contributed by atoms with E-state index in [1.807, 2.05) is 30.3 Å². The number of rotatable bonds is 5. The molecular weight excluding hydrogens is 332 g/mol. The van der Waals surface area contributed by atoms with Crippen LogP contribution in [-0.4, -0.2) is 22.1 Å². The molecule has 0 amide bonds. The van der Waals surface area contributed by atoms with Crippen molar-refractivity contribution in [3.05, 3.63) is 82.0 Å². The lowest BCUT2D eigenvalue weighted by atomic mass is 10.1. The summed E-state index contributed by atoms with van der Waals surface area (Å²) in [5, 5.41) is 11.5. The van der Waals surface area contributed by atoms with Gasteiger partial charge in [0.15, 0.2) is 0 Å². The quantitative estimate of drug-likeness (QED) is 0.385. The van der Waals surface area contributed by atoms with Gasteiger partial charge in [-0.1, -0.05) is 42.5 Å². The Morgan fingerprint density at radius 3 is 2.42 bits per heavy atom. The standard InChI is InChI=1S/C20H18N2O4/c1-3-26-20(23)16-13-19(15-9-5-4-6-10-15)21(14(16)2)17-11-7-8-12-18(17)22(24)25/h4-13H,3H2,1-2H3. The lowest BCUT2D eigenvalue weighted by molar-refractivity contribution is -0.384. The topological polar surface area (TPSA) is 74.4 Å². The Kier molecular flexibility index (Phi) is 4.84. The van der Waals surface area contributed by atoms with Gasteiger partial charge in [-0.2, -0.15) is 0 Å². The number of carbonyl (C=O) groups excluding carboxylic acids is 1. The van der Waals surface area contributed by atoms with Crippen LogP contribution in [0.15, 0.2) is 60.7 Å². The van der Waals surface area contributed by atoms with Crippen molar-refractivity contribution in [3.63, 3.8) is 0 Å². The third kappa shape index (κ3) is 3.09. The van der Waals surface area contributed by atoms with E-state index in [-0.39, 0.29) is 12.3 Å². The highest BCUT2D eigenvalue weighted by atomic mass is 16.6. The van der Waals surface area contributed by atoms with Crippen LogP contribution in [0, 0.1) is 17.0 Å². The van der Waals surface area contributed by atoms with Gasteiger partial charge in [-0.25, -0.2) is 4.79 Å². The van der Waals surface area contributed by atoms with Gasteiger partial charge in [-0.3, -0.25) is 10.1 Å². The summed E-state index contributed by atoms with van der Waals surface area (Å²) in [5.41, 5.74) is 2.91. The average molecular weight is 350 g/mol. The molecule has 0 unspecified atom stereocenters. The molecule has 0 radical (unpaired) electrons. The summed E-state index contributed by atoms with van der Waals surface area (Å²) in [7, 11) is 0. The van der Waals surface area contributed by atoms with Crippen molar-refractivity contribution in [2.75, 3.05) is 6.61 Å². The Balaban J connectivity index is 2.30. The van der Waals surface area contributed by atoms with E-state index in [0.29, 0.717) is 22.6 Å². The van der Waals surface area contributed by atoms with E-state index in [4.69, 9.17) is 4.74 Å². The molecule has 1 aromatic heterocycles. The maximum atomic E-state index is 12.3. The molecule has 0 bridgehead atoms. The van der Waals surface area contributed by atoms with Gasteiger partial charge in [0.2, 0.25) is 0 Å². The third-order valence-electron chi connectivity index (χ3n) is 4.13. The molecule has 132 valence electrons. The first-order valence-electron chi connectivity index (χ1n) is 8.23. The third-order valence-corrected chi connectivity index (χ3v) is 4.13. The fourth-order valence-electron chi connectivity index (χ4n) is 2.96. The highest BCUT2D eigenvalue weighted by Gasteiger charge is 2.24. The zero-order chi connectivity index (χ0) is 18.7. The molecule has 0 aliphatic carbocycles. The molecule has 2 aromatic carbocycles. The Morgan fingerprint density at radius 1 is 1.12 bits per heavy atom. The number of benzene rings is 2. The molecule has 0 atom stereocenters. The molecular formula is C20H18N2O4. The number of nitrogens with zero attached hydrogens (tertiary/aromatic N) is 2. The predicted molar refractivity (Wildman–Crippen MR) is 98.6 cm³/mol.